The number of rotatable bonds is 7. The van der Waals surface area contributed by atoms with Crippen molar-refractivity contribution in [2.24, 2.45) is 0 Å². The summed E-state index contributed by atoms with van der Waals surface area (Å²) in [6.45, 7) is 3.79. The summed E-state index contributed by atoms with van der Waals surface area (Å²) in [4.78, 5) is 0. The molecular formula is C28H27N2OP. The van der Waals surface area contributed by atoms with Gasteiger partial charge in [0, 0.05) is 0 Å². The first-order valence-electron chi connectivity index (χ1n) is 11.0. The van der Waals surface area contributed by atoms with E-state index in [1.165, 1.54) is 28.1 Å². The van der Waals surface area contributed by atoms with Crippen LogP contribution in [-0.2, 0) is 17.6 Å². The molecule has 1 unspecified atom stereocenters. The maximum absolute atomic E-state index is 6.87. The van der Waals surface area contributed by atoms with Crippen molar-refractivity contribution in [3.63, 3.8) is 0 Å². The topological polar surface area (TPSA) is 15.7 Å². The van der Waals surface area contributed by atoms with Crippen LogP contribution in [0.3, 0.4) is 0 Å². The van der Waals surface area contributed by atoms with Gasteiger partial charge < -0.3 is 13.9 Å². The summed E-state index contributed by atoms with van der Waals surface area (Å²) in [6, 6.07) is 40.5. The van der Waals surface area contributed by atoms with Crippen LogP contribution in [0.1, 0.15) is 29.7 Å². The van der Waals surface area contributed by atoms with Crippen molar-refractivity contribution in [3.05, 3.63) is 132 Å². The van der Waals surface area contributed by atoms with Crippen LogP contribution in [0.15, 0.2) is 115 Å². The number of anilines is 2. The highest BCUT2D eigenvalue weighted by molar-refractivity contribution is 7.56. The van der Waals surface area contributed by atoms with Crippen molar-refractivity contribution in [3.8, 4) is 0 Å². The van der Waals surface area contributed by atoms with E-state index in [4.69, 9.17) is 4.52 Å². The number of benzene rings is 4. The standard InChI is InChI=1S/C28H27N2OP/c1-23(26-17-9-4-10-18-26)31-32-29(21-24-13-5-2-6-14-24)27-19-11-12-20-28(27)30(32)22-25-15-7-3-8-16-25/h2-20,23H,21-22H2,1H3. The van der Waals surface area contributed by atoms with Crippen LogP contribution in [-0.4, -0.2) is 0 Å². The average Bonchev–Trinajstić information content (AvgIpc) is 3.13. The lowest BCUT2D eigenvalue weighted by molar-refractivity contribution is 0.252. The van der Waals surface area contributed by atoms with Gasteiger partial charge in [0.2, 0.25) is 8.45 Å². The molecule has 4 aromatic carbocycles. The van der Waals surface area contributed by atoms with Gasteiger partial charge >= 0.3 is 0 Å². The molecule has 1 heterocycles. The Hall–Kier alpha value is -3.13. The fourth-order valence-electron chi connectivity index (χ4n) is 4.06. The Kier molecular flexibility index (Phi) is 6.20. The predicted molar refractivity (Wildman–Crippen MR) is 135 cm³/mol. The molecule has 32 heavy (non-hydrogen) atoms. The lowest BCUT2D eigenvalue weighted by Gasteiger charge is -2.33. The maximum atomic E-state index is 6.87. The third-order valence-corrected chi connectivity index (χ3v) is 7.77. The van der Waals surface area contributed by atoms with Gasteiger partial charge in [-0.05, 0) is 35.7 Å². The normalized spacial score (nSPS) is 14.4. The van der Waals surface area contributed by atoms with Crippen LogP contribution in [0, 0.1) is 0 Å². The van der Waals surface area contributed by atoms with Crippen LogP contribution in [0.2, 0.25) is 0 Å². The van der Waals surface area contributed by atoms with E-state index >= 15 is 0 Å². The second kappa shape index (κ2) is 9.56. The molecule has 1 aliphatic heterocycles. The molecule has 0 aliphatic carbocycles. The fourth-order valence-corrected chi connectivity index (χ4v) is 6.23. The van der Waals surface area contributed by atoms with Gasteiger partial charge in [-0.1, -0.05) is 103 Å². The van der Waals surface area contributed by atoms with Crippen molar-refractivity contribution < 1.29 is 4.52 Å². The summed E-state index contributed by atoms with van der Waals surface area (Å²) < 4.78 is 11.8. The van der Waals surface area contributed by atoms with E-state index in [2.05, 4.69) is 132 Å². The van der Waals surface area contributed by atoms with E-state index in [1.807, 2.05) is 0 Å². The van der Waals surface area contributed by atoms with E-state index in [0.29, 0.717) is 0 Å². The Morgan fingerprint density at radius 1 is 0.594 bits per heavy atom. The van der Waals surface area contributed by atoms with E-state index < -0.39 is 8.45 Å². The van der Waals surface area contributed by atoms with Gasteiger partial charge in [0.1, 0.15) is 0 Å². The summed E-state index contributed by atoms with van der Waals surface area (Å²) in [7, 11) is -1.04. The van der Waals surface area contributed by atoms with Gasteiger partial charge in [-0.15, -0.1) is 0 Å². The molecule has 0 radical (unpaired) electrons. The van der Waals surface area contributed by atoms with Crippen LogP contribution < -0.4 is 9.34 Å². The minimum absolute atomic E-state index is 0.00632. The van der Waals surface area contributed by atoms with Crippen molar-refractivity contribution >= 4 is 19.8 Å². The van der Waals surface area contributed by atoms with Gasteiger partial charge in [0.25, 0.3) is 0 Å². The molecule has 0 spiro atoms. The molecule has 0 saturated carbocycles. The van der Waals surface area contributed by atoms with E-state index in [-0.39, 0.29) is 6.10 Å². The largest absolute Gasteiger partial charge is 0.315 e. The van der Waals surface area contributed by atoms with Crippen molar-refractivity contribution in [1.82, 2.24) is 0 Å². The number of nitrogens with zero attached hydrogens (tertiary/aromatic N) is 2. The number of hydrogen-bond donors (Lipinski definition) is 0. The summed E-state index contributed by atoms with van der Waals surface area (Å²) in [5, 5.41) is 0. The van der Waals surface area contributed by atoms with Crippen LogP contribution in [0.5, 0.6) is 0 Å². The Balaban J connectivity index is 1.52. The van der Waals surface area contributed by atoms with Crippen LogP contribution >= 0.6 is 8.45 Å². The number of para-hydroxylation sites is 2. The summed E-state index contributed by atoms with van der Waals surface area (Å²) in [6.07, 6.45) is -0.00632. The smallest absolute Gasteiger partial charge is 0.249 e. The second-order valence-electron chi connectivity index (χ2n) is 7.99. The Bertz CT molecular complexity index is 1070. The Labute approximate surface area is 191 Å². The lowest BCUT2D eigenvalue weighted by Crippen LogP contribution is -2.23. The fraction of sp³-hybridized carbons (Fsp3) is 0.143. The zero-order valence-electron chi connectivity index (χ0n) is 18.2. The van der Waals surface area contributed by atoms with Gasteiger partial charge in [0.15, 0.2) is 0 Å². The molecule has 0 saturated heterocycles. The highest BCUT2D eigenvalue weighted by atomic mass is 31.2. The van der Waals surface area contributed by atoms with Gasteiger partial charge in [-0.2, -0.15) is 0 Å². The first kappa shape index (κ1) is 20.8. The molecule has 0 aromatic heterocycles. The molecule has 4 aromatic rings. The summed E-state index contributed by atoms with van der Waals surface area (Å²) in [5.74, 6) is 0. The van der Waals surface area contributed by atoms with Gasteiger partial charge in [-0.3, -0.25) is 0 Å². The minimum atomic E-state index is -1.04. The van der Waals surface area contributed by atoms with Crippen molar-refractivity contribution in [2.45, 2.75) is 26.1 Å². The maximum Gasteiger partial charge on any atom is 0.249 e. The molecule has 1 atom stereocenters. The summed E-state index contributed by atoms with van der Waals surface area (Å²) >= 11 is 0. The minimum Gasteiger partial charge on any atom is -0.315 e. The van der Waals surface area contributed by atoms with Crippen molar-refractivity contribution in [1.29, 1.82) is 0 Å². The molecule has 4 heteroatoms. The third-order valence-electron chi connectivity index (χ3n) is 5.72. The van der Waals surface area contributed by atoms with Gasteiger partial charge in [-0.25, -0.2) is 0 Å². The second-order valence-corrected chi connectivity index (χ2v) is 9.67. The monoisotopic (exact) mass is 438 g/mol. The van der Waals surface area contributed by atoms with Gasteiger partial charge in [0.05, 0.1) is 30.6 Å². The SMILES string of the molecule is CC(OP1N(Cc2ccccc2)c2ccccc2N1Cc1ccccc1)c1ccccc1. The highest BCUT2D eigenvalue weighted by Crippen LogP contribution is 2.62. The third kappa shape index (κ3) is 4.41. The molecule has 0 amide bonds. The number of hydrogen-bond acceptors (Lipinski definition) is 3. The lowest BCUT2D eigenvalue weighted by atomic mass is 10.1. The molecule has 0 N–H and O–H groups in total. The molecule has 1 aliphatic rings. The molecule has 0 fully saturated rings. The first-order valence-corrected chi connectivity index (χ1v) is 12.2. The van der Waals surface area contributed by atoms with E-state index in [0.717, 1.165) is 13.1 Å². The molecule has 5 rings (SSSR count). The summed E-state index contributed by atoms with van der Waals surface area (Å²) in [5.41, 5.74) is 6.24. The molecule has 3 nitrogen and oxygen atoms in total. The highest BCUT2D eigenvalue weighted by Gasteiger charge is 2.39. The quantitative estimate of drug-likeness (QED) is 0.275. The molecule has 160 valence electrons. The predicted octanol–water partition coefficient (Wildman–Crippen LogP) is 7.72. The zero-order chi connectivity index (χ0) is 21.8. The Morgan fingerprint density at radius 2 is 1.00 bits per heavy atom. The molecular weight excluding hydrogens is 411 g/mol. The number of fused-ring (bicyclic) bond motifs is 1. The van der Waals surface area contributed by atoms with E-state index in [1.54, 1.807) is 0 Å². The van der Waals surface area contributed by atoms with Crippen LogP contribution in [0.4, 0.5) is 11.4 Å². The van der Waals surface area contributed by atoms with Crippen LogP contribution in [0.25, 0.3) is 0 Å². The molecule has 0 bridgehead atoms. The van der Waals surface area contributed by atoms with Crippen molar-refractivity contribution in [2.75, 3.05) is 9.34 Å². The Morgan fingerprint density at radius 3 is 1.47 bits per heavy atom. The zero-order valence-corrected chi connectivity index (χ0v) is 19.1. The van der Waals surface area contributed by atoms with E-state index in [9.17, 15) is 0 Å². The first-order chi connectivity index (χ1) is 15.8. The average molecular weight is 439 g/mol.